The van der Waals surface area contributed by atoms with Gasteiger partial charge in [0.25, 0.3) is 0 Å². The molecule has 0 atom stereocenters. The minimum atomic E-state index is -0.607. The van der Waals surface area contributed by atoms with Gasteiger partial charge in [0.05, 0.1) is 27.9 Å². The first kappa shape index (κ1) is 16.4. The standard InChI is InChI=1S/C14H18N2O5/c1-19-10-6-9(7-11(20-2)14(10)21-3)4-5-13(18)16-8-12(15)17/h4-7H,8H2,1-3H3,(H2,15,17)(H,16,18)/b5-4+. The summed E-state index contributed by atoms with van der Waals surface area (Å²) in [4.78, 5) is 22.0. The molecule has 0 fully saturated rings. The van der Waals surface area contributed by atoms with E-state index in [0.717, 1.165) is 0 Å². The van der Waals surface area contributed by atoms with Crippen LogP contribution in [0.4, 0.5) is 0 Å². The van der Waals surface area contributed by atoms with Crippen molar-refractivity contribution < 1.29 is 23.8 Å². The number of primary amides is 1. The topological polar surface area (TPSA) is 99.9 Å². The first-order valence-corrected chi connectivity index (χ1v) is 6.06. The van der Waals surface area contributed by atoms with Crippen LogP contribution in [0.2, 0.25) is 0 Å². The van der Waals surface area contributed by atoms with Gasteiger partial charge in [-0.15, -0.1) is 0 Å². The fourth-order valence-corrected chi connectivity index (χ4v) is 1.60. The molecular formula is C14H18N2O5. The monoisotopic (exact) mass is 294 g/mol. The molecule has 0 aromatic heterocycles. The summed E-state index contributed by atoms with van der Waals surface area (Å²) in [6.45, 7) is -0.210. The van der Waals surface area contributed by atoms with E-state index in [9.17, 15) is 9.59 Å². The van der Waals surface area contributed by atoms with Crippen molar-refractivity contribution in [2.24, 2.45) is 5.73 Å². The number of hydrogen-bond donors (Lipinski definition) is 2. The lowest BCUT2D eigenvalue weighted by atomic mass is 10.1. The van der Waals surface area contributed by atoms with Crippen LogP contribution in [0.1, 0.15) is 5.56 Å². The molecule has 0 unspecified atom stereocenters. The molecule has 2 amide bonds. The summed E-state index contributed by atoms with van der Waals surface area (Å²) in [7, 11) is 4.52. The van der Waals surface area contributed by atoms with Crippen molar-refractivity contribution in [1.82, 2.24) is 5.32 Å². The van der Waals surface area contributed by atoms with Crippen molar-refractivity contribution in [2.45, 2.75) is 0 Å². The first-order chi connectivity index (χ1) is 10.0. The molecule has 21 heavy (non-hydrogen) atoms. The molecule has 0 saturated carbocycles. The van der Waals surface area contributed by atoms with Crippen LogP contribution in [0.25, 0.3) is 6.08 Å². The highest BCUT2D eigenvalue weighted by atomic mass is 16.5. The van der Waals surface area contributed by atoms with Crippen LogP contribution in [0.5, 0.6) is 17.2 Å². The van der Waals surface area contributed by atoms with E-state index in [1.165, 1.54) is 27.4 Å². The van der Waals surface area contributed by atoms with Gasteiger partial charge in [0.2, 0.25) is 17.6 Å². The summed E-state index contributed by atoms with van der Waals surface area (Å²) in [5, 5.41) is 2.34. The zero-order valence-corrected chi connectivity index (χ0v) is 12.1. The van der Waals surface area contributed by atoms with Gasteiger partial charge in [-0.1, -0.05) is 0 Å². The Hall–Kier alpha value is -2.70. The molecule has 0 saturated heterocycles. The third-order valence-electron chi connectivity index (χ3n) is 2.55. The van der Waals surface area contributed by atoms with Crippen molar-refractivity contribution >= 4 is 17.9 Å². The summed E-state index contributed by atoms with van der Waals surface area (Å²) in [6.07, 6.45) is 2.84. The van der Waals surface area contributed by atoms with E-state index in [1.807, 2.05) is 0 Å². The van der Waals surface area contributed by atoms with Crippen LogP contribution in [0, 0.1) is 0 Å². The Labute approximate surface area is 122 Å². The maximum atomic E-state index is 11.5. The lowest BCUT2D eigenvalue weighted by Gasteiger charge is -2.12. The number of carbonyl (C=O) groups is 2. The van der Waals surface area contributed by atoms with Gasteiger partial charge in [-0.25, -0.2) is 0 Å². The van der Waals surface area contributed by atoms with Crippen LogP contribution >= 0.6 is 0 Å². The lowest BCUT2D eigenvalue weighted by Crippen LogP contribution is -2.32. The van der Waals surface area contributed by atoms with Crippen molar-refractivity contribution in [3.63, 3.8) is 0 Å². The molecule has 3 N–H and O–H groups in total. The average molecular weight is 294 g/mol. The fourth-order valence-electron chi connectivity index (χ4n) is 1.60. The number of amides is 2. The summed E-state index contributed by atoms with van der Waals surface area (Å²) in [6, 6.07) is 3.39. The van der Waals surface area contributed by atoms with Crippen molar-refractivity contribution in [1.29, 1.82) is 0 Å². The molecule has 0 spiro atoms. The smallest absolute Gasteiger partial charge is 0.244 e. The lowest BCUT2D eigenvalue weighted by molar-refractivity contribution is -0.122. The van der Waals surface area contributed by atoms with E-state index in [-0.39, 0.29) is 6.54 Å². The number of carbonyl (C=O) groups excluding carboxylic acids is 2. The van der Waals surface area contributed by atoms with Gasteiger partial charge in [-0.05, 0) is 23.8 Å². The molecule has 7 heteroatoms. The Morgan fingerprint density at radius 1 is 1.14 bits per heavy atom. The number of methoxy groups -OCH3 is 3. The molecule has 0 heterocycles. The molecule has 0 aliphatic rings. The van der Waals surface area contributed by atoms with E-state index in [4.69, 9.17) is 19.9 Å². The predicted molar refractivity (Wildman–Crippen MR) is 77.3 cm³/mol. The molecule has 1 aromatic carbocycles. The second kappa shape index (κ2) is 7.78. The highest BCUT2D eigenvalue weighted by molar-refractivity contribution is 5.94. The normalized spacial score (nSPS) is 10.2. The molecule has 1 rings (SSSR count). The van der Waals surface area contributed by atoms with Crippen LogP contribution in [-0.2, 0) is 9.59 Å². The highest BCUT2D eigenvalue weighted by Crippen LogP contribution is 2.38. The van der Waals surface area contributed by atoms with E-state index in [1.54, 1.807) is 18.2 Å². The van der Waals surface area contributed by atoms with Crippen molar-refractivity contribution in [3.8, 4) is 17.2 Å². The average Bonchev–Trinajstić information content (AvgIpc) is 2.49. The zero-order chi connectivity index (χ0) is 15.8. The molecule has 0 bridgehead atoms. The SMILES string of the molecule is COc1cc(/C=C/C(=O)NCC(N)=O)cc(OC)c1OC. The van der Waals surface area contributed by atoms with E-state index >= 15 is 0 Å². The van der Waals surface area contributed by atoms with Gasteiger partial charge < -0.3 is 25.3 Å². The number of nitrogens with one attached hydrogen (secondary N) is 1. The Bertz CT molecular complexity index is 529. The Morgan fingerprint density at radius 3 is 2.14 bits per heavy atom. The molecule has 7 nitrogen and oxygen atoms in total. The highest BCUT2D eigenvalue weighted by Gasteiger charge is 2.12. The predicted octanol–water partition coefficient (Wildman–Crippen LogP) is 0.327. The van der Waals surface area contributed by atoms with Gasteiger partial charge in [0, 0.05) is 6.08 Å². The number of nitrogens with two attached hydrogens (primary N) is 1. The number of rotatable bonds is 7. The van der Waals surface area contributed by atoms with E-state index in [2.05, 4.69) is 5.32 Å². The van der Waals surface area contributed by atoms with E-state index in [0.29, 0.717) is 22.8 Å². The Kier molecular flexibility index (Phi) is 6.06. The third kappa shape index (κ3) is 4.72. The Morgan fingerprint density at radius 2 is 1.71 bits per heavy atom. The largest absolute Gasteiger partial charge is 0.493 e. The second-order valence-corrected chi connectivity index (χ2v) is 3.98. The summed E-state index contributed by atoms with van der Waals surface area (Å²) >= 11 is 0. The maximum Gasteiger partial charge on any atom is 0.244 e. The van der Waals surface area contributed by atoms with Gasteiger partial charge >= 0.3 is 0 Å². The van der Waals surface area contributed by atoms with Crippen LogP contribution in [-0.4, -0.2) is 39.7 Å². The van der Waals surface area contributed by atoms with Gasteiger partial charge in [0.1, 0.15) is 0 Å². The van der Waals surface area contributed by atoms with Crippen molar-refractivity contribution in [2.75, 3.05) is 27.9 Å². The maximum absolute atomic E-state index is 11.5. The molecule has 114 valence electrons. The zero-order valence-electron chi connectivity index (χ0n) is 12.1. The summed E-state index contributed by atoms with van der Waals surface area (Å²) in [5.41, 5.74) is 5.61. The number of ether oxygens (including phenoxy) is 3. The van der Waals surface area contributed by atoms with Crippen LogP contribution in [0.3, 0.4) is 0 Å². The van der Waals surface area contributed by atoms with Gasteiger partial charge in [0.15, 0.2) is 11.5 Å². The Balaban J connectivity index is 2.93. The third-order valence-corrected chi connectivity index (χ3v) is 2.55. The minimum Gasteiger partial charge on any atom is -0.493 e. The fraction of sp³-hybridized carbons (Fsp3) is 0.286. The molecular weight excluding hydrogens is 276 g/mol. The van der Waals surface area contributed by atoms with Gasteiger partial charge in [-0.3, -0.25) is 9.59 Å². The van der Waals surface area contributed by atoms with E-state index < -0.39 is 11.8 Å². The molecule has 0 aliphatic carbocycles. The summed E-state index contributed by atoms with van der Waals surface area (Å²) in [5.74, 6) is 0.394. The van der Waals surface area contributed by atoms with Gasteiger partial charge in [-0.2, -0.15) is 0 Å². The van der Waals surface area contributed by atoms with Crippen molar-refractivity contribution in [3.05, 3.63) is 23.8 Å². The summed E-state index contributed by atoms with van der Waals surface area (Å²) < 4.78 is 15.6. The molecule has 0 radical (unpaired) electrons. The van der Waals surface area contributed by atoms with Crippen LogP contribution < -0.4 is 25.3 Å². The molecule has 0 aliphatic heterocycles. The number of benzene rings is 1. The molecule has 1 aromatic rings. The first-order valence-electron chi connectivity index (χ1n) is 6.06. The quantitative estimate of drug-likeness (QED) is 0.706. The van der Waals surface area contributed by atoms with Crippen LogP contribution in [0.15, 0.2) is 18.2 Å². The second-order valence-electron chi connectivity index (χ2n) is 3.98. The minimum absolute atomic E-state index is 0.210. The number of hydrogen-bond acceptors (Lipinski definition) is 5.